The van der Waals surface area contributed by atoms with E-state index >= 15 is 0 Å². The second-order valence-electron chi connectivity index (χ2n) is 5.57. The van der Waals surface area contributed by atoms with Crippen LogP contribution in [0.15, 0.2) is 15.9 Å². The average molecular weight is 288 g/mol. The summed E-state index contributed by atoms with van der Waals surface area (Å²) in [4.78, 5) is 1.40. The summed E-state index contributed by atoms with van der Waals surface area (Å²) in [5, 5.41) is 2.13. The third-order valence-electron chi connectivity index (χ3n) is 3.33. The lowest BCUT2D eigenvalue weighted by atomic mass is 9.86. The summed E-state index contributed by atoms with van der Waals surface area (Å²) in [5.41, 5.74) is 6.93. The SMILES string of the molecule is CC1(C)CCC(N)(Cc2sccc2Br)C1. The molecule has 1 aliphatic rings. The Kier molecular flexibility index (Phi) is 2.99. The zero-order chi connectivity index (χ0) is 11.1. The minimum atomic E-state index is 0.0247. The fraction of sp³-hybridized carbons (Fsp3) is 0.667. The quantitative estimate of drug-likeness (QED) is 0.875. The summed E-state index contributed by atoms with van der Waals surface area (Å²) >= 11 is 5.39. The first-order valence-electron chi connectivity index (χ1n) is 5.41. The van der Waals surface area contributed by atoms with Gasteiger partial charge in [0.05, 0.1) is 0 Å². The normalized spacial score (nSPS) is 29.6. The number of hydrogen-bond donors (Lipinski definition) is 1. The zero-order valence-electron chi connectivity index (χ0n) is 9.35. The molecule has 0 amide bonds. The van der Waals surface area contributed by atoms with Crippen molar-refractivity contribution < 1.29 is 0 Å². The molecule has 2 N–H and O–H groups in total. The van der Waals surface area contributed by atoms with Crippen LogP contribution in [-0.2, 0) is 6.42 Å². The Morgan fingerprint density at radius 2 is 2.20 bits per heavy atom. The van der Waals surface area contributed by atoms with Gasteiger partial charge in [-0.15, -0.1) is 11.3 Å². The van der Waals surface area contributed by atoms with Crippen molar-refractivity contribution >= 4 is 27.3 Å². The number of nitrogens with two attached hydrogens (primary N) is 1. The first kappa shape index (κ1) is 11.6. The van der Waals surface area contributed by atoms with Crippen molar-refractivity contribution in [1.82, 2.24) is 0 Å². The lowest BCUT2D eigenvalue weighted by Gasteiger charge is -2.26. The van der Waals surface area contributed by atoms with E-state index in [4.69, 9.17) is 5.73 Å². The molecule has 1 aromatic heterocycles. The molecular formula is C12H18BrNS. The molecule has 0 radical (unpaired) electrons. The topological polar surface area (TPSA) is 26.0 Å². The van der Waals surface area contributed by atoms with Gasteiger partial charge in [-0.3, -0.25) is 0 Å². The van der Waals surface area contributed by atoms with Crippen LogP contribution >= 0.6 is 27.3 Å². The van der Waals surface area contributed by atoms with Crippen LogP contribution in [0.3, 0.4) is 0 Å². The van der Waals surface area contributed by atoms with Crippen LogP contribution in [0.5, 0.6) is 0 Å². The summed E-state index contributed by atoms with van der Waals surface area (Å²) in [6.07, 6.45) is 4.58. The van der Waals surface area contributed by atoms with E-state index in [2.05, 4.69) is 41.2 Å². The van der Waals surface area contributed by atoms with Crippen molar-refractivity contribution in [2.24, 2.45) is 11.1 Å². The molecule has 0 spiro atoms. The van der Waals surface area contributed by atoms with Gasteiger partial charge in [0.15, 0.2) is 0 Å². The van der Waals surface area contributed by atoms with Gasteiger partial charge in [0.2, 0.25) is 0 Å². The highest BCUT2D eigenvalue weighted by Crippen LogP contribution is 2.44. The number of hydrogen-bond acceptors (Lipinski definition) is 2. The molecule has 1 atom stereocenters. The molecule has 0 aliphatic heterocycles. The Balaban J connectivity index is 2.10. The van der Waals surface area contributed by atoms with E-state index in [0.29, 0.717) is 5.41 Å². The standard InChI is InChI=1S/C12H18BrNS/c1-11(2)4-5-12(14,8-11)7-10-9(13)3-6-15-10/h3,6H,4-5,7-8,14H2,1-2H3. The van der Waals surface area contributed by atoms with Crippen molar-refractivity contribution in [1.29, 1.82) is 0 Å². The van der Waals surface area contributed by atoms with Crippen LogP contribution in [0, 0.1) is 5.41 Å². The number of thiophene rings is 1. The van der Waals surface area contributed by atoms with Gasteiger partial charge in [0, 0.05) is 21.3 Å². The molecule has 1 aromatic rings. The highest BCUT2D eigenvalue weighted by molar-refractivity contribution is 9.10. The van der Waals surface area contributed by atoms with Crippen molar-refractivity contribution in [2.45, 2.75) is 45.1 Å². The van der Waals surface area contributed by atoms with E-state index in [-0.39, 0.29) is 5.54 Å². The van der Waals surface area contributed by atoms with E-state index in [1.807, 2.05) is 11.3 Å². The lowest BCUT2D eigenvalue weighted by molar-refractivity contribution is 0.335. The van der Waals surface area contributed by atoms with Gasteiger partial charge in [-0.25, -0.2) is 0 Å². The molecule has 1 nitrogen and oxygen atoms in total. The molecule has 2 rings (SSSR count). The average Bonchev–Trinajstić information content (AvgIpc) is 2.59. The van der Waals surface area contributed by atoms with E-state index in [1.54, 1.807) is 0 Å². The monoisotopic (exact) mass is 287 g/mol. The Bertz CT molecular complexity index is 358. The molecule has 1 unspecified atom stereocenters. The third-order valence-corrected chi connectivity index (χ3v) is 5.26. The maximum atomic E-state index is 6.48. The van der Waals surface area contributed by atoms with Gasteiger partial charge in [-0.05, 0) is 52.1 Å². The van der Waals surface area contributed by atoms with E-state index in [0.717, 1.165) is 19.3 Å². The lowest BCUT2D eigenvalue weighted by Crippen LogP contribution is -2.39. The molecule has 1 saturated carbocycles. The third kappa shape index (κ3) is 2.63. The van der Waals surface area contributed by atoms with Crippen LogP contribution in [0.4, 0.5) is 0 Å². The van der Waals surface area contributed by atoms with Gasteiger partial charge < -0.3 is 5.73 Å². The maximum Gasteiger partial charge on any atom is 0.0315 e. The van der Waals surface area contributed by atoms with Crippen LogP contribution in [-0.4, -0.2) is 5.54 Å². The number of halogens is 1. The predicted octanol–water partition coefficient (Wildman–Crippen LogP) is 3.96. The highest BCUT2D eigenvalue weighted by Gasteiger charge is 2.40. The van der Waals surface area contributed by atoms with Crippen LogP contribution < -0.4 is 5.73 Å². The summed E-state index contributed by atoms with van der Waals surface area (Å²) < 4.78 is 1.22. The Morgan fingerprint density at radius 3 is 2.67 bits per heavy atom. The minimum Gasteiger partial charge on any atom is -0.325 e. The number of rotatable bonds is 2. The molecule has 3 heteroatoms. The second-order valence-corrected chi connectivity index (χ2v) is 7.43. The van der Waals surface area contributed by atoms with Gasteiger partial charge >= 0.3 is 0 Å². The van der Waals surface area contributed by atoms with E-state index < -0.39 is 0 Å². The largest absolute Gasteiger partial charge is 0.325 e. The van der Waals surface area contributed by atoms with Gasteiger partial charge in [-0.2, -0.15) is 0 Å². The van der Waals surface area contributed by atoms with Crippen molar-refractivity contribution in [3.05, 3.63) is 20.8 Å². The van der Waals surface area contributed by atoms with Crippen LogP contribution in [0.1, 0.15) is 38.0 Å². The summed E-state index contributed by atoms with van der Waals surface area (Å²) in [6.45, 7) is 4.65. The fourth-order valence-corrected chi connectivity index (χ4v) is 4.29. The molecule has 0 aromatic carbocycles. The summed E-state index contributed by atoms with van der Waals surface area (Å²) in [5.74, 6) is 0. The second kappa shape index (κ2) is 3.86. The molecule has 1 heterocycles. The zero-order valence-corrected chi connectivity index (χ0v) is 11.7. The maximum absolute atomic E-state index is 6.48. The minimum absolute atomic E-state index is 0.0247. The first-order chi connectivity index (χ1) is 6.90. The van der Waals surface area contributed by atoms with Crippen molar-refractivity contribution in [3.63, 3.8) is 0 Å². The first-order valence-corrected chi connectivity index (χ1v) is 7.08. The van der Waals surface area contributed by atoms with Crippen molar-refractivity contribution in [2.75, 3.05) is 0 Å². The molecule has 15 heavy (non-hydrogen) atoms. The van der Waals surface area contributed by atoms with Gasteiger partial charge in [0.25, 0.3) is 0 Å². The molecule has 84 valence electrons. The molecular weight excluding hydrogens is 270 g/mol. The van der Waals surface area contributed by atoms with Crippen LogP contribution in [0.25, 0.3) is 0 Å². The Morgan fingerprint density at radius 1 is 1.47 bits per heavy atom. The molecule has 0 bridgehead atoms. The smallest absolute Gasteiger partial charge is 0.0315 e. The fourth-order valence-electron chi connectivity index (χ4n) is 2.64. The van der Waals surface area contributed by atoms with Crippen molar-refractivity contribution in [3.8, 4) is 0 Å². The van der Waals surface area contributed by atoms with E-state index in [1.165, 1.54) is 15.8 Å². The molecule has 1 fully saturated rings. The summed E-state index contributed by atoms with van der Waals surface area (Å²) in [6, 6.07) is 2.11. The molecule has 0 saturated heterocycles. The summed E-state index contributed by atoms with van der Waals surface area (Å²) in [7, 11) is 0. The van der Waals surface area contributed by atoms with Crippen LogP contribution in [0.2, 0.25) is 0 Å². The predicted molar refractivity (Wildman–Crippen MR) is 70.3 cm³/mol. The van der Waals surface area contributed by atoms with Gasteiger partial charge in [0.1, 0.15) is 0 Å². The molecule has 1 aliphatic carbocycles. The highest BCUT2D eigenvalue weighted by atomic mass is 79.9. The Labute approximate surface area is 104 Å². The van der Waals surface area contributed by atoms with Gasteiger partial charge in [-0.1, -0.05) is 13.8 Å². The van der Waals surface area contributed by atoms with E-state index in [9.17, 15) is 0 Å². The Hall–Kier alpha value is 0.140.